The van der Waals surface area contributed by atoms with Crippen LogP contribution in [0, 0.1) is 5.21 Å². The summed E-state index contributed by atoms with van der Waals surface area (Å²) < 4.78 is 0. The predicted octanol–water partition coefficient (Wildman–Crippen LogP) is 2.30. The molecule has 0 aliphatic rings. The summed E-state index contributed by atoms with van der Waals surface area (Å²) >= 11 is 0. The Hall–Kier alpha value is -1.38. The van der Waals surface area contributed by atoms with E-state index in [0.29, 0.717) is 17.1 Å². The Kier molecular flexibility index (Phi) is 2.60. The van der Waals surface area contributed by atoms with Crippen LogP contribution in [0.5, 0.6) is 0 Å². The second-order valence-corrected chi connectivity index (χ2v) is 2.10. The lowest BCUT2D eigenvalue weighted by molar-refractivity contribution is -0.520. The highest BCUT2D eigenvalue weighted by Gasteiger charge is 1.90. The summed E-state index contributed by atoms with van der Waals surface area (Å²) in [6, 6.07) is 9.17. The maximum Gasteiger partial charge on any atom is 0.178 e. The van der Waals surface area contributed by atoms with Crippen molar-refractivity contribution < 1.29 is 4.86 Å². The molecule has 0 saturated heterocycles. The monoisotopic (exact) mass is 150 g/mol. The topological polar surface area (TPSA) is 38.4 Å². The van der Waals surface area contributed by atoms with Crippen LogP contribution in [0.4, 0.5) is 5.69 Å². The molecule has 0 aliphatic heterocycles. The molecule has 3 nitrogen and oxygen atoms in total. The Labute approximate surface area is 65.6 Å². The van der Waals surface area contributed by atoms with E-state index in [0.717, 1.165) is 0 Å². The van der Waals surface area contributed by atoms with E-state index in [2.05, 4.69) is 5.11 Å². The lowest BCUT2D eigenvalue weighted by Gasteiger charge is -1.94. The van der Waals surface area contributed by atoms with Crippen LogP contribution < -0.4 is 0 Å². The quantitative estimate of drug-likeness (QED) is 0.362. The first-order valence-corrected chi connectivity index (χ1v) is 3.54. The van der Waals surface area contributed by atoms with Gasteiger partial charge in [0.05, 0.1) is 0 Å². The normalized spacial score (nSPS) is 11.5. The minimum Gasteiger partial charge on any atom is -0.600 e. The summed E-state index contributed by atoms with van der Waals surface area (Å²) in [4.78, 5) is 0.662. The smallest absolute Gasteiger partial charge is 0.178 e. The molecule has 0 fully saturated rings. The van der Waals surface area contributed by atoms with Crippen LogP contribution in [-0.2, 0) is 0 Å². The third kappa shape index (κ3) is 2.37. The Balaban J connectivity index is 2.79. The van der Waals surface area contributed by atoms with Gasteiger partial charge in [-0.15, -0.1) is 0 Å². The highest BCUT2D eigenvalue weighted by Crippen LogP contribution is 2.09. The first-order chi connectivity index (χ1) is 5.33. The molecular weight excluding hydrogens is 140 g/mol. The zero-order valence-corrected chi connectivity index (χ0v) is 6.40. The first kappa shape index (κ1) is 7.72. The number of benzene rings is 1. The molecule has 0 heterocycles. The summed E-state index contributed by atoms with van der Waals surface area (Å²) in [5.41, 5.74) is 0.698. The molecule has 0 spiro atoms. The van der Waals surface area contributed by atoms with Crippen molar-refractivity contribution in [1.82, 2.24) is 0 Å². The second-order valence-electron chi connectivity index (χ2n) is 2.10. The molecule has 0 bridgehead atoms. The molecule has 3 heteroatoms. The molecule has 11 heavy (non-hydrogen) atoms. The Morgan fingerprint density at radius 1 is 1.36 bits per heavy atom. The van der Waals surface area contributed by atoms with Gasteiger partial charge >= 0.3 is 0 Å². The number of hydroxylamine groups is 1. The Morgan fingerprint density at radius 3 is 2.55 bits per heavy atom. The van der Waals surface area contributed by atoms with Crippen molar-refractivity contribution in [3.63, 3.8) is 0 Å². The average Bonchev–Trinajstić information content (AvgIpc) is 2.06. The van der Waals surface area contributed by atoms with Crippen molar-refractivity contribution >= 4 is 5.69 Å². The summed E-state index contributed by atoms with van der Waals surface area (Å²) in [5.74, 6) is 0. The van der Waals surface area contributed by atoms with Crippen LogP contribution in [0.3, 0.4) is 0 Å². The van der Waals surface area contributed by atoms with Crippen LogP contribution >= 0.6 is 0 Å². The van der Waals surface area contributed by atoms with Gasteiger partial charge in [0.1, 0.15) is 5.69 Å². The molecule has 0 unspecified atom stereocenters. The molecule has 58 valence electrons. The fourth-order valence-corrected chi connectivity index (χ4v) is 0.694. The number of nitrogens with zero attached hydrogens (tertiary/aromatic N) is 2. The van der Waals surface area contributed by atoms with Crippen molar-refractivity contribution in [1.29, 1.82) is 0 Å². The van der Waals surface area contributed by atoms with E-state index in [1.807, 2.05) is 18.2 Å². The zero-order chi connectivity index (χ0) is 8.10. The molecule has 0 atom stereocenters. The SMILES string of the molecule is CC[N+]([O-])=Nc1ccccc1. The Bertz CT molecular complexity index is 244. The zero-order valence-electron chi connectivity index (χ0n) is 6.40. The van der Waals surface area contributed by atoms with Crippen molar-refractivity contribution in [2.75, 3.05) is 6.54 Å². The molecule has 1 aromatic carbocycles. The lowest BCUT2D eigenvalue weighted by atomic mass is 10.3. The lowest BCUT2D eigenvalue weighted by Crippen LogP contribution is -1.95. The first-order valence-electron chi connectivity index (χ1n) is 3.54. The summed E-state index contributed by atoms with van der Waals surface area (Å²) in [7, 11) is 0. The number of hydrogen-bond donors (Lipinski definition) is 0. The van der Waals surface area contributed by atoms with Gasteiger partial charge in [0.2, 0.25) is 0 Å². The largest absolute Gasteiger partial charge is 0.600 e. The van der Waals surface area contributed by atoms with Crippen LogP contribution in [0.25, 0.3) is 0 Å². The number of azo groups is 1. The molecule has 0 aromatic heterocycles. The highest BCUT2D eigenvalue weighted by atomic mass is 16.5. The van der Waals surface area contributed by atoms with Crippen LogP contribution in [0.15, 0.2) is 35.4 Å². The van der Waals surface area contributed by atoms with Gasteiger partial charge in [0.15, 0.2) is 6.54 Å². The van der Waals surface area contributed by atoms with E-state index in [1.54, 1.807) is 19.1 Å². The standard InChI is InChI=1S/C8H10N2O/c1-2-10(11)9-8-6-4-3-5-7-8/h3-7H,2H2,1H3. The van der Waals surface area contributed by atoms with E-state index < -0.39 is 0 Å². The van der Waals surface area contributed by atoms with Crippen molar-refractivity contribution in [3.05, 3.63) is 35.5 Å². The van der Waals surface area contributed by atoms with E-state index >= 15 is 0 Å². The second kappa shape index (κ2) is 3.71. The van der Waals surface area contributed by atoms with Gasteiger partial charge in [-0.25, -0.2) is 0 Å². The van der Waals surface area contributed by atoms with Crippen molar-refractivity contribution in [2.24, 2.45) is 5.11 Å². The molecule has 0 saturated carbocycles. The van der Waals surface area contributed by atoms with E-state index in [1.165, 1.54) is 0 Å². The van der Waals surface area contributed by atoms with Crippen LogP contribution in [0.1, 0.15) is 6.92 Å². The molecule has 0 radical (unpaired) electrons. The van der Waals surface area contributed by atoms with Crippen LogP contribution in [-0.4, -0.2) is 11.4 Å². The molecular formula is C8H10N2O. The molecule has 1 rings (SSSR count). The summed E-state index contributed by atoms with van der Waals surface area (Å²) in [5, 5.41) is 14.5. The molecule has 0 amide bonds. The van der Waals surface area contributed by atoms with Gasteiger partial charge in [0, 0.05) is 5.11 Å². The minimum atomic E-state index is 0.384. The maximum absolute atomic E-state index is 10.7. The van der Waals surface area contributed by atoms with Gasteiger partial charge in [0.25, 0.3) is 0 Å². The van der Waals surface area contributed by atoms with Crippen LogP contribution in [0.2, 0.25) is 0 Å². The third-order valence-corrected chi connectivity index (χ3v) is 1.25. The van der Waals surface area contributed by atoms with Gasteiger partial charge < -0.3 is 5.21 Å². The molecule has 0 aliphatic carbocycles. The molecule has 0 N–H and O–H groups in total. The summed E-state index contributed by atoms with van der Waals surface area (Å²) in [6.07, 6.45) is 0. The summed E-state index contributed by atoms with van der Waals surface area (Å²) in [6.45, 7) is 2.15. The molecule has 1 aromatic rings. The Morgan fingerprint density at radius 2 is 2.00 bits per heavy atom. The average molecular weight is 150 g/mol. The fourth-order valence-electron chi connectivity index (χ4n) is 0.694. The third-order valence-electron chi connectivity index (χ3n) is 1.25. The van der Waals surface area contributed by atoms with E-state index in [-0.39, 0.29) is 0 Å². The highest BCUT2D eigenvalue weighted by molar-refractivity contribution is 5.34. The van der Waals surface area contributed by atoms with E-state index in [9.17, 15) is 5.21 Å². The van der Waals surface area contributed by atoms with Gasteiger partial charge in [-0.3, -0.25) is 0 Å². The number of rotatable bonds is 2. The van der Waals surface area contributed by atoms with Gasteiger partial charge in [-0.05, 0) is 19.1 Å². The van der Waals surface area contributed by atoms with Crippen molar-refractivity contribution in [2.45, 2.75) is 6.92 Å². The fraction of sp³-hybridized carbons (Fsp3) is 0.250. The van der Waals surface area contributed by atoms with Gasteiger partial charge in [-0.1, -0.05) is 23.1 Å². The maximum atomic E-state index is 10.7. The number of hydrogen-bond acceptors (Lipinski definition) is 2. The van der Waals surface area contributed by atoms with Crippen molar-refractivity contribution in [3.8, 4) is 0 Å². The van der Waals surface area contributed by atoms with E-state index in [4.69, 9.17) is 0 Å². The van der Waals surface area contributed by atoms with Gasteiger partial charge in [-0.2, -0.15) is 0 Å². The predicted molar refractivity (Wildman–Crippen MR) is 42.7 cm³/mol. The minimum absolute atomic E-state index is 0.384.